The van der Waals surface area contributed by atoms with Gasteiger partial charge in [-0.05, 0) is 40.2 Å². The average Bonchev–Trinajstić information content (AvgIpc) is 2.49. The van der Waals surface area contributed by atoms with Gasteiger partial charge in [0, 0.05) is 22.3 Å². The van der Waals surface area contributed by atoms with Crippen LogP contribution in [-0.2, 0) is 10.0 Å². The van der Waals surface area contributed by atoms with Crippen molar-refractivity contribution in [1.29, 1.82) is 0 Å². The minimum absolute atomic E-state index is 0.130. The Labute approximate surface area is 130 Å². The Kier molecular flexibility index (Phi) is 3.60. The molecule has 0 unspecified atom stereocenters. The molecule has 1 aromatic carbocycles. The van der Waals surface area contributed by atoms with Crippen molar-refractivity contribution in [1.82, 2.24) is 9.97 Å². The van der Waals surface area contributed by atoms with Crippen LogP contribution in [0.15, 0.2) is 64.2 Å². The fourth-order valence-corrected chi connectivity index (χ4v) is 3.35. The zero-order chi connectivity index (χ0) is 14.9. The van der Waals surface area contributed by atoms with E-state index in [9.17, 15) is 8.42 Å². The van der Waals surface area contributed by atoms with Crippen LogP contribution in [0.1, 0.15) is 0 Å². The number of halogens is 1. The van der Waals surface area contributed by atoms with Gasteiger partial charge < -0.3 is 0 Å². The number of aromatic nitrogens is 2. The van der Waals surface area contributed by atoms with Gasteiger partial charge in [-0.2, -0.15) is 0 Å². The molecular formula is C14H10BrN3O2S. The summed E-state index contributed by atoms with van der Waals surface area (Å²) in [6.45, 7) is 0. The number of sulfonamides is 1. The molecule has 0 aliphatic carbocycles. The van der Waals surface area contributed by atoms with Gasteiger partial charge in [-0.25, -0.2) is 13.4 Å². The molecule has 3 aromatic rings. The summed E-state index contributed by atoms with van der Waals surface area (Å²) in [5.74, 6) is 0.256. The molecule has 1 N–H and O–H groups in total. The summed E-state index contributed by atoms with van der Waals surface area (Å²) in [5, 5.41) is 0.768. The van der Waals surface area contributed by atoms with Gasteiger partial charge in [0.25, 0.3) is 10.0 Å². The Morgan fingerprint density at radius 3 is 2.57 bits per heavy atom. The van der Waals surface area contributed by atoms with E-state index in [4.69, 9.17) is 0 Å². The minimum Gasteiger partial charge on any atom is -0.263 e. The van der Waals surface area contributed by atoms with Gasteiger partial charge in [0.1, 0.15) is 10.7 Å². The van der Waals surface area contributed by atoms with Gasteiger partial charge in [-0.3, -0.25) is 9.71 Å². The first-order valence-electron chi connectivity index (χ1n) is 6.04. The lowest BCUT2D eigenvalue weighted by Crippen LogP contribution is -2.14. The number of rotatable bonds is 3. The zero-order valence-corrected chi connectivity index (χ0v) is 13.1. The highest BCUT2D eigenvalue weighted by molar-refractivity contribution is 9.10. The quantitative estimate of drug-likeness (QED) is 0.775. The summed E-state index contributed by atoms with van der Waals surface area (Å²) < 4.78 is 28.2. The van der Waals surface area contributed by atoms with Crippen LogP contribution in [0, 0.1) is 0 Å². The predicted molar refractivity (Wildman–Crippen MR) is 84.5 cm³/mol. The molecule has 3 rings (SSSR count). The molecule has 5 nitrogen and oxygen atoms in total. The van der Waals surface area contributed by atoms with Crippen LogP contribution in [-0.4, -0.2) is 18.4 Å². The molecular weight excluding hydrogens is 354 g/mol. The maximum atomic E-state index is 12.5. The topological polar surface area (TPSA) is 72.0 Å². The van der Waals surface area contributed by atoms with Gasteiger partial charge in [0.2, 0.25) is 0 Å². The number of hydrogen-bond acceptors (Lipinski definition) is 4. The van der Waals surface area contributed by atoms with Crippen LogP contribution in [0.3, 0.4) is 0 Å². The first kappa shape index (κ1) is 14.0. The highest BCUT2D eigenvalue weighted by atomic mass is 79.9. The molecule has 0 amide bonds. The van der Waals surface area contributed by atoms with Crippen LogP contribution in [0.5, 0.6) is 0 Å². The Hall–Kier alpha value is -1.99. The Bertz CT molecular complexity index is 890. The highest BCUT2D eigenvalue weighted by Crippen LogP contribution is 2.22. The molecule has 0 aliphatic heterocycles. The molecule has 0 aliphatic rings. The van der Waals surface area contributed by atoms with Crippen LogP contribution >= 0.6 is 15.9 Å². The number of fused-ring (bicyclic) bond motifs is 1. The van der Waals surface area contributed by atoms with Gasteiger partial charge in [0.05, 0.1) is 5.52 Å². The Balaban J connectivity index is 2.06. The van der Waals surface area contributed by atoms with E-state index >= 15 is 0 Å². The lowest BCUT2D eigenvalue weighted by atomic mass is 10.2. The number of para-hydroxylation sites is 1. The molecule has 0 fully saturated rings. The number of hydrogen-bond donors (Lipinski definition) is 1. The van der Waals surface area contributed by atoms with E-state index in [-0.39, 0.29) is 10.7 Å². The van der Waals surface area contributed by atoms with Gasteiger partial charge in [0.15, 0.2) is 0 Å². The smallest absolute Gasteiger partial charge is 0.263 e. The van der Waals surface area contributed by atoms with Crippen molar-refractivity contribution < 1.29 is 8.42 Å². The molecule has 0 saturated carbocycles. The van der Waals surface area contributed by atoms with Crippen molar-refractivity contribution in [2.75, 3.05) is 4.72 Å². The van der Waals surface area contributed by atoms with Crippen LogP contribution in [0.4, 0.5) is 5.82 Å². The van der Waals surface area contributed by atoms with Crippen molar-refractivity contribution in [2.24, 2.45) is 0 Å². The van der Waals surface area contributed by atoms with Crippen molar-refractivity contribution >= 4 is 42.7 Å². The van der Waals surface area contributed by atoms with E-state index in [1.54, 1.807) is 30.5 Å². The van der Waals surface area contributed by atoms with Crippen molar-refractivity contribution in [2.45, 2.75) is 4.90 Å². The monoisotopic (exact) mass is 363 g/mol. The first-order chi connectivity index (χ1) is 10.1. The van der Waals surface area contributed by atoms with Crippen LogP contribution in [0.25, 0.3) is 10.9 Å². The fraction of sp³-hybridized carbons (Fsp3) is 0. The third-order valence-electron chi connectivity index (χ3n) is 2.85. The molecule has 0 radical (unpaired) electrons. The Morgan fingerprint density at radius 1 is 1.00 bits per heavy atom. The fourth-order valence-electron chi connectivity index (χ4n) is 1.92. The van der Waals surface area contributed by atoms with E-state index < -0.39 is 10.0 Å². The molecule has 7 heteroatoms. The molecule has 21 heavy (non-hydrogen) atoms. The van der Waals surface area contributed by atoms with E-state index in [2.05, 4.69) is 30.6 Å². The van der Waals surface area contributed by atoms with Crippen LogP contribution < -0.4 is 4.72 Å². The summed E-state index contributed by atoms with van der Waals surface area (Å²) >= 11 is 3.25. The summed E-state index contributed by atoms with van der Waals surface area (Å²) in [6, 6.07) is 11.9. The van der Waals surface area contributed by atoms with E-state index in [1.165, 1.54) is 12.3 Å². The average molecular weight is 364 g/mol. The second kappa shape index (κ2) is 5.42. The minimum atomic E-state index is -3.74. The third-order valence-corrected chi connectivity index (χ3v) is 4.71. The van der Waals surface area contributed by atoms with E-state index in [0.29, 0.717) is 5.52 Å². The standard InChI is InChI=1S/C14H10BrN3O2S/c15-11-6-7-13(17-9-11)18-21(19,20)12-5-1-3-10-4-2-8-16-14(10)12/h1-9H,(H,17,18). The molecule has 2 heterocycles. The summed E-state index contributed by atoms with van der Waals surface area (Å²) in [7, 11) is -3.74. The number of anilines is 1. The summed E-state index contributed by atoms with van der Waals surface area (Å²) in [4.78, 5) is 8.30. The highest BCUT2D eigenvalue weighted by Gasteiger charge is 2.18. The molecule has 106 valence electrons. The summed E-state index contributed by atoms with van der Waals surface area (Å²) in [5.41, 5.74) is 0.435. The van der Waals surface area contributed by atoms with Crippen molar-refractivity contribution in [3.63, 3.8) is 0 Å². The van der Waals surface area contributed by atoms with E-state index in [0.717, 1.165) is 9.86 Å². The van der Waals surface area contributed by atoms with Crippen molar-refractivity contribution in [3.05, 3.63) is 59.3 Å². The number of nitrogens with zero attached hydrogens (tertiary/aromatic N) is 2. The number of benzene rings is 1. The number of nitrogens with one attached hydrogen (secondary N) is 1. The second-order valence-electron chi connectivity index (χ2n) is 4.30. The molecule has 0 spiro atoms. The maximum Gasteiger partial charge on any atom is 0.265 e. The van der Waals surface area contributed by atoms with Crippen molar-refractivity contribution in [3.8, 4) is 0 Å². The zero-order valence-electron chi connectivity index (χ0n) is 10.7. The van der Waals surface area contributed by atoms with Crippen LogP contribution in [0.2, 0.25) is 0 Å². The third kappa shape index (κ3) is 2.88. The number of pyridine rings is 2. The normalized spacial score (nSPS) is 11.5. The second-order valence-corrected chi connectivity index (χ2v) is 6.86. The van der Waals surface area contributed by atoms with E-state index in [1.807, 2.05) is 12.1 Å². The lowest BCUT2D eigenvalue weighted by Gasteiger charge is -2.09. The predicted octanol–water partition coefficient (Wildman–Crippen LogP) is 3.19. The van der Waals surface area contributed by atoms with Gasteiger partial charge in [-0.15, -0.1) is 0 Å². The first-order valence-corrected chi connectivity index (χ1v) is 8.32. The lowest BCUT2D eigenvalue weighted by molar-refractivity contribution is 0.601. The molecule has 0 saturated heterocycles. The SMILES string of the molecule is O=S(=O)(Nc1ccc(Br)cn1)c1cccc2cccnc12. The van der Waals surface area contributed by atoms with Gasteiger partial charge in [-0.1, -0.05) is 18.2 Å². The molecule has 0 atom stereocenters. The molecule has 0 bridgehead atoms. The largest absolute Gasteiger partial charge is 0.265 e. The molecule has 2 aromatic heterocycles. The summed E-state index contributed by atoms with van der Waals surface area (Å²) in [6.07, 6.45) is 3.10. The van der Waals surface area contributed by atoms with Gasteiger partial charge >= 0.3 is 0 Å². The Morgan fingerprint density at radius 2 is 1.81 bits per heavy atom. The maximum absolute atomic E-state index is 12.5.